The van der Waals surface area contributed by atoms with Gasteiger partial charge >= 0.3 is 6.03 Å². The molecule has 2 aromatic rings. The maximum atomic E-state index is 13.0. The molecule has 9 nitrogen and oxygen atoms in total. The number of urea groups is 1. The number of ether oxygens (including phenoxy) is 1. The molecule has 2 heterocycles. The number of methoxy groups -OCH3 is 1. The molecule has 0 bridgehead atoms. The van der Waals surface area contributed by atoms with Gasteiger partial charge in [0, 0.05) is 12.1 Å². The number of barbiturate groups is 1. The van der Waals surface area contributed by atoms with Crippen LogP contribution in [0, 0.1) is 0 Å². The molecule has 36 heavy (non-hydrogen) atoms. The van der Waals surface area contributed by atoms with Gasteiger partial charge in [0.15, 0.2) is 0 Å². The van der Waals surface area contributed by atoms with Gasteiger partial charge in [0.1, 0.15) is 11.3 Å². The number of rotatable bonds is 9. The molecular formula is C27H27N3O6. The summed E-state index contributed by atoms with van der Waals surface area (Å²) < 4.78 is 5.42. The summed E-state index contributed by atoms with van der Waals surface area (Å²) in [6.07, 6.45) is 4.94. The standard InChI is InChI=1S/C27H27N3O6/c1-3-4-5-8-13-29-26(34)21(23(31)28-27(29)35)15-17-11-12-22(36-2)18(14-17)16-30-24(32)19-9-6-7-10-20(19)25(30)33/h6-7,9-12,14-15H,3-5,8,13,16H2,1-2H3,(H,28,31,35). The third-order valence-electron chi connectivity index (χ3n) is 6.24. The monoisotopic (exact) mass is 489 g/mol. The minimum Gasteiger partial charge on any atom is -0.496 e. The van der Waals surface area contributed by atoms with Crippen LogP contribution in [0.15, 0.2) is 48.0 Å². The van der Waals surface area contributed by atoms with E-state index in [4.69, 9.17) is 4.74 Å². The summed E-state index contributed by atoms with van der Waals surface area (Å²) in [6.45, 7) is 2.24. The first-order valence-electron chi connectivity index (χ1n) is 11.9. The van der Waals surface area contributed by atoms with Crippen molar-refractivity contribution in [1.29, 1.82) is 0 Å². The Kier molecular flexibility index (Phi) is 7.28. The number of carbonyl (C=O) groups excluding carboxylic acids is 5. The van der Waals surface area contributed by atoms with E-state index in [0.717, 1.165) is 29.1 Å². The van der Waals surface area contributed by atoms with Gasteiger partial charge in [-0.15, -0.1) is 0 Å². The molecule has 4 rings (SSSR count). The number of carbonyl (C=O) groups is 5. The molecule has 2 aromatic carbocycles. The van der Waals surface area contributed by atoms with Gasteiger partial charge in [-0.25, -0.2) is 4.79 Å². The molecule has 0 saturated carbocycles. The summed E-state index contributed by atoms with van der Waals surface area (Å²) >= 11 is 0. The molecule has 0 spiro atoms. The van der Waals surface area contributed by atoms with Crippen LogP contribution in [0.4, 0.5) is 4.79 Å². The first-order chi connectivity index (χ1) is 17.3. The van der Waals surface area contributed by atoms with Crippen molar-refractivity contribution >= 4 is 35.7 Å². The smallest absolute Gasteiger partial charge is 0.331 e. The normalized spacial score (nSPS) is 16.6. The van der Waals surface area contributed by atoms with Crippen molar-refractivity contribution in [3.63, 3.8) is 0 Å². The average Bonchev–Trinajstić information content (AvgIpc) is 3.11. The Balaban J connectivity index is 1.59. The number of nitrogens with one attached hydrogen (secondary N) is 1. The topological polar surface area (TPSA) is 113 Å². The van der Waals surface area contributed by atoms with Gasteiger partial charge in [-0.05, 0) is 42.3 Å². The fraction of sp³-hybridized carbons (Fsp3) is 0.296. The van der Waals surface area contributed by atoms with E-state index < -0.39 is 29.7 Å². The van der Waals surface area contributed by atoms with Crippen molar-refractivity contribution in [1.82, 2.24) is 15.1 Å². The van der Waals surface area contributed by atoms with E-state index in [-0.39, 0.29) is 18.7 Å². The van der Waals surface area contributed by atoms with Crippen molar-refractivity contribution in [2.24, 2.45) is 0 Å². The molecule has 6 amide bonds. The highest BCUT2D eigenvalue weighted by atomic mass is 16.5. The van der Waals surface area contributed by atoms with Gasteiger partial charge in [-0.3, -0.25) is 34.3 Å². The molecule has 0 aliphatic carbocycles. The number of unbranched alkanes of at least 4 members (excludes halogenated alkanes) is 3. The number of benzene rings is 2. The minimum atomic E-state index is -0.771. The molecule has 1 saturated heterocycles. The third kappa shape index (κ3) is 4.77. The lowest BCUT2D eigenvalue weighted by molar-refractivity contribution is -0.130. The first kappa shape index (κ1) is 24.8. The number of nitrogens with zero attached hydrogens (tertiary/aromatic N) is 2. The summed E-state index contributed by atoms with van der Waals surface area (Å²) in [7, 11) is 1.47. The zero-order valence-electron chi connectivity index (χ0n) is 20.2. The molecule has 1 N–H and O–H groups in total. The Bertz CT molecular complexity index is 1250. The van der Waals surface area contributed by atoms with Crippen LogP contribution in [-0.2, 0) is 16.1 Å². The third-order valence-corrected chi connectivity index (χ3v) is 6.24. The Morgan fingerprint density at radius 2 is 1.56 bits per heavy atom. The van der Waals surface area contributed by atoms with Crippen LogP contribution in [0.1, 0.15) is 64.4 Å². The molecule has 0 atom stereocenters. The number of amides is 6. The molecule has 2 aliphatic rings. The lowest BCUT2D eigenvalue weighted by Gasteiger charge is -2.26. The van der Waals surface area contributed by atoms with Crippen LogP contribution in [0.2, 0.25) is 0 Å². The quantitative estimate of drug-likeness (QED) is 0.250. The van der Waals surface area contributed by atoms with E-state index >= 15 is 0 Å². The number of fused-ring (bicyclic) bond motifs is 1. The molecule has 0 radical (unpaired) electrons. The second-order valence-corrected chi connectivity index (χ2v) is 8.65. The van der Waals surface area contributed by atoms with E-state index in [1.165, 1.54) is 13.2 Å². The molecule has 9 heteroatoms. The van der Waals surface area contributed by atoms with Crippen molar-refractivity contribution in [2.45, 2.75) is 39.2 Å². The van der Waals surface area contributed by atoms with Crippen molar-refractivity contribution in [3.8, 4) is 5.75 Å². The maximum Gasteiger partial charge on any atom is 0.331 e. The molecule has 2 aliphatic heterocycles. The van der Waals surface area contributed by atoms with Gasteiger partial charge in [-0.2, -0.15) is 0 Å². The Morgan fingerprint density at radius 1 is 0.861 bits per heavy atom. The van der Waals surface area contributed by atoms with Crippen LogP contribution >= 0.6 is 0 Å². The van der Waals surface area contributed by atoms with Crippen molar-refractivity contribution < 1.29 is 28.7 Å². The highest BCUT2D eigenvalue weighted by molar-refractivity contribution is 6.31. The van der Waals surface area contributed by atoms with Gasteiger partial charge in [0.25, 0.3) is 23.6 Å². The van der Waals surface area contributed by atoms with E-state index in [0.29, 0.717) is 34.4 Å². The number of imide groups is 3. The minimum absolute atomic E-state index is 0.0469. The molecule has 0 aromatic heterocycles. The van der Waals surface area contributed by atoms with Gasteiger partial charge in [0.05, 0.1) is 24.8 Å². The zero-order chi connectivity index (χ0) is 25.8. The van der Waals surface area contributed by atoms with E-state index in [1.54, 1.807) is 42.5 Å². The van der Waals surface area contributed by atoms with E-state index in [9.17, 15) is 24.0 Å². The van der Waals surface area contributed by atoms with Crippen molar-refractivity contribution in [3.05, 3.63) is 70.3 Å². The first-order valence-corrected chi connectivity index (χ1v) is 11.9. The average molecular weight is 490 g/mol. The maximum absolute atomic E-state index is 13.0. The summed E-state index contributed by atoms with van der Waals surface area (Å²) in [6, 6.07) is 10.8. The predicted molar refractivity (Wildman–Crippen MR) is 131 cm³/mol. The largest absolute Gasteiger partial charge is 0.496 e. The molecule has 0 unspecified atom stereocenters. The van der Waals surface area contributed by atoms with E-state index in [2.05, 4.69) is 12.2 Å². The summed E-state index contributed by atoms with van der Waals surface area (Å²) in [5.41, 5.74) is 1.53. The SMILES string of the molecule is CCCCCCN1C(=O)NC(=O)C(=Cc2ccc(OC)c(CN3C(=O)c4ccccc4C3=O)c2)C1=O. The van der Waals surface area contributed by atoms with Gasteiger partial charge in [-0.1, -0.05) is 44.4 Å². The summed E-state index contributed by atoms with van der Waals surface area (Å²) in [4.78, 5) is 65.5. The highest BCUT2D eigenvalue weighted by Crippen LogP contribution is 2.29. The van der Waals surface area contributed by atoms with Crippen LogP contribution in [-0.4, -0.2) is 53.1 Å². The molecular weight excluding hydrogens is 462 g/mol. The van der Waals surface area contributed by atoms with Crippen LogP contribution in [0.3, 0.4) is 0 Å². The lowest BCUT2D eigenvalue weighted by Crippen LogP contribution is -2.54. The summed E-state index contributed by atoms with van der Waals surface area (Å²) in [5.74, 6) is -1.78. The van der Waals surface area contributed by atoms with Crippen LogP contribution in [0.25, 0.3) is 6.08 Å². The van der Waals surface area contributed by atoms with Crippen LogP contribution < -0.4 is 10.1 Å². The number of hydrogen-bond donors (Lipinski definition) is 1. The van der Waals surface area contributed by atoms with Crippen molar-refractivity contribution in [2.75, 3.05) is 13.7 Å². The molecule has 186 valence electrons. The Labute approximate surface area is 208 Å². The highest BCUT2D eigenvalue weighted by Gasteiger charge is 2.36. The Hall–Kier alpha value is -4.27. The van der Waals surface area contributed by atoms with Crippen LogP contribution in [0.5, 0.6) is 5.75 Å². The van der Waals surface area contributed by atoms with Gasteiger partial charge in [0.2, 0.25) is 0 Å². The fourth-order valence-electron chi connectivity index (χ4n) is 4.33. The number of hydrogen-bond acceptors (Lipinski definition) is 6. The Morgan fingerprint density at radius 3 is 2.19 bits per heavy atom. The second kappa shape index (κ2) is 10.6. The van der Waals surface area contributed by atoms with Gasteiger partial charge < -0.3 is 4.74 Å². The predicted octanol–water partition coefficient (Wildman–Crippen LogP) is 3.53. The fourth-order valence-corrected chi connectivity index (χ4v) is 4.33. The lowest BCUT2D eigenvalue weighted by atomic mass is 10.0. The van der Waals surface area contributed by atoms with E-state index in [1.807, 2.05) is 0 Å². The summed E-state index contributed by atoms with van der Waals surface area (Å²) in [5, 5.41) is 2.23. The molecule has 1 fully saturated rings. The zero-order valence-corrected chi connectivity index (χ0v) is 20.2. The second-order valence-electron chi connectivity index (χ2n) is 8.65.